The summed E-state index contributed by atoms with van der Waals surface area (Å²) in [6.07, 6.45) is 0. The largest absolute Gasteiger partial charge is 0.506 e. The predicted octanol–water partition coefficient (Wildman–Crippen LogP) is 2.43. The van der Waals surface area contributed by atoms with E-state index in [1.807, 2.05) is 12.1 Å². The Hall–Kier alpha value is -2.36. The topological polar surface area (TPSA) is 52.7 Å². The molecule has 20 heavy (non-hydrogen) atoms. The summed E-state index contributed by atoms with van der Waals surface area (Å²) in [6.45, 7) is 2.79. The van der Waals surface area contributed by atoms with Gasteiger partial charge >= 0.3 is 0 Å². The Kier molecular flexibility index (Phi) is 3.14. The molecule has 0 bridgehead atoms. The number of phenolic OH excluding ortho intramolecular Hbond substituents is 1. The highest BCUT2D eigenvalue weighted by Gasteiger charge is 2.19. The zero-order chi connectivity index (χ0) is 14.1. The van der Waals surface area contributed by atoms with Crippen LogP contribution in [0.3, 0.4) is 0 Å². The van der Waals surface area contributed by atoms with Gasteiger partial charge in [-0.05, 0) is 29.8 Å². The van der Waals surface area contributed by atoms with Crippen LogP contribution in [0.1, 0.15) is 5.56 Å². The third-order valence-electron chi connectivity index (χ3n) is 3.80. The lowest BCUT2D eigenvalue weighted by Gasteiger charge is -2.37. The number of nitrogens with two attached hydrogens (primary N) is 1. The Bertz CT molecular complexity index is 627. The molecule has 1 heterocycles. The second-order valence-electron chi connectivity index (χ2n) is 5.22. The molecule has 104 valence electrons. The van der Waals surface area contributed by atoms with Gasteiger partial charge in [0.2, 0.25) is 0 Å². The zero-order valence-electron chi connectivity index (χ0n) is 11.6. The summed E-state index contributed by atoms with van der Waals surface area (Å²) in [4.78, 5) is 4.62. The Morgan fingerprint density at radius 1 is 1.10 bits per heavy atom. The van der Waals surface area contributed by atoms with Crippen LogP contribution in [-0.2, 0) is 6.54 Å². The Morgan fingerprint density at radius 2 is 1.85 bits per heavy atom. The lowest BCUT2D eigenvalue weighted by molar-refractivity contribution is 0.477. The van der Waals surface area contributed by atoms with Gasteiger partial charge in [-0.2, -0.15) is 0 Å². The van der Waals surface area contributed by atoms with Crippen molar-refractivity contribution in [2.75, 3.05) is 35.7 Å². The van der Waals surface area contributed by atoms with Crippen molar-refractivity contribution in [2.45, 2.75) is 6.54 Å². The van der Waals surface area contributed by atoms with Gasteiger partial charge in [-0.15, -0.1) is 0 Å². The highest BCUT2D eigenvalue weighted by atomic mass is 16.3. The number of likely N-dealkylation sites (N-methyl/N-ethyl adjacent to an activating group) is 1. The van der Waals surface area contributed by atoms with Gasteiger partial charge in [-0.1, -0.05) is 18.2 Å². The first-order valence-electron chi connectivity index (χ1n) is 6.77. The van der Waals surface area contributed by atoms with E-state index in [9.17, 15) is 5.11 Å². The van der Waals surface area contributed by atoms with Crippen LogP contribution in [0.2, 0.25) is 0 Å². The summed E-state index contributed by atoms with van der Waals surface area (Å²) in [6, 6.07) is 13.9. The molecule has 4 heteroatoms. The van der Waals surface area contributed by atoms with Crippen LogP contribution in [0.5, 0.6) is 5.75 Å². The monoisotopic (exact) mass is 269 g/mol. The molecule has 2 aromatic carbocycles. The van der Waals surface area contributed by atoms with Gasteiger partial charge < -0.3 is 20.6 Å². The van der Waals surface area contributed by atoms with Crippen LogP contribution in [0.4, 0.5) is 17.1 Å². The molecule has 2 aromatic rings. The molecular formula is C16H19N3O. The van der Waals surface area contributed by atoms with Gasteiger partial charge in [0.25, 0.3) is 0 Å². The molecule has 1 aliphatic rings. The van der Waals surface area contributed by atoms with Gasteiger partial charge in [-0.25, -0.2) is 0 Å². The number of benzene rings is 2. The van der Waals surface area contributed by atoms with E-state index in [0.717, 1.165) is 25.2 Å². The third-order valence-corrected chi connectivity index (χ3v) is 3.80. The maximum Gasteiger partial charge on any atom is 0.138 e. The van der Waals surface area contributed by atoms with Gasteiger partial charge in [-0.3, -0.25) is 0 Å². The number of aromatic hydroxyl groups is 1. The fourth-order valence-electron chi connectivity index (χ4n) is 2.65. The number of para-hydroxylation sites is 2. The summed E-state index contributed by atoms with van der Waals surface area (Å²) in [5, 5.41) is 9.50. The van der Waals surface area contributed by atoms with Crippen LogP contribution in [0.15, 0.2) is 42.5 Å². The Labute approximate surface area is 119 Å². The molecule has 0 saturated carbocycles. The standard InChI is InChI=1S/C16H19N3O/c1-18-8-9-19(15-5-3-2-4-14(15)18)11-12-6-7-16(20)13(17)10-12/h2-7,10,20H,8-9,11,17H2,1H3. The first-order valence-corrected chi connectivity index (χ1v) is 6.77. The van der Waals surface area contributed by atoms with E-state index in [1.165, 1.54) is 11.4 Å². The third kappa shape index (κ3) is 2.25. The van der Waals surface area contributed by atoms with Crippen molar-refractivity contribution in [3.63, 3.8) is 0 Å². The number of rotatable bonds is 2. The highest BCUT2D eigenvalue weighted by molar-refractivity contribution is 5.73. The second kappa shape index (κ2) is 4.96. The summed E-state index contributed by atoms with van der Waals surface area (Å²) < 4.78 is 0. The minimum absolute atomic E-state index is 0.146. The number of hydrogen-bond donors (Lipinski definition) is 2. The van der Waals surface area contributed by atoms with Crippen molar-refractivity contribution in [1.82, 2.24) is 0 Å². The molecule has 1 aliphatic heterocycles. The summed E-state index contributed by atoms with van der Waals surface area (Å²) in [5.74, 6) is 0.146. The number of nitrogen functional groups attached to an aromatic ring is 1. The molecule has 0 aromatic heterocycles. The van der Waals surface area contributed by atoms with Crippen LogP contribution in [-0.4, -0.2) is 25.2 Å². The zero-order valence-corrected chi connectivity index (χ0v) is 11.6. The minimum Gasteiger partial charge on any atom is -0.506 e. The summed E-state index contributed by atoms with van der Waals surface area (Å²) in [5.41, 5.74) is 9.81. The molecule has 0 amide bonds. The molecule has 3 rings (SSSR count). The molecule has 0 aliphatic carbocycles. The van der Waals surface area contributed by atoms with Crippen molar-refractivity contribution >= 4 is 17.1 Å². The van der Waals surface area contributed by atoms with Crippen molar-refractivity contribution in [3.8, 4) is 5.75 Å². The molecule has 3 N–H and O–H groups in total. The van der Waals surface area contributed by atoms with E-state index in [2.05, 4.69) is 41.1 Å². The fraction of sp³-hybridized carbons (Fsp3) is 0.250. The van der Waals surface area contributed by atoms with Gasteiger partial charge in [0, 0.05) is 26.7 Å². The quantitative estimate of drug-likeness (QED) is 0.649. The average Bonchev–Trinajstić information content (AvgIpc) is 2.46. The number of anilines is 3. The molecule has 0 radical (unpaired) electrons. The van der Waals surface area contributed by atoms with Crippen LogP contribution >= 0.6 is 0 Å². The molecule has 0 atom stereocenters. The molecule has 0 spiro atoms. The van der Waals surface area contributed by atoms with E-state index in [4.69, 9.17) is 5.73 Å². The Balaban J connectivity index is 1.88. The maximum absolute atomic E-state index is 9.50. The molecule has 0 unspecified atom stereocenters. The summed E-state index contributed by atoms with van der Waals surface area (Å²) >= 11 is 0. The van der Waals surface area contributed by atoms with Gasteiger partial charge in [0.15, 0.2) is 0 Å². The first-order chi connectivity index (χ1) is 9.65. The van der Waals surface area contributed by atoms with Gasteiger partial charge in [0.1, 0.15) is 5.75 Å². The number of nitrogens with zero attached hydrogens (tertiary/aromatic N) is 2. The van der Waals surface area contributed by atoms with E-state index in [0.29, 0.717) is 5.69 Å². The predicted molar refractivity (Wildman–Crippen MR) is 83.3 cm³/mol. The molecule has 0 fully saturated rings. The molecule has 4 nitrogen and oxygen atoms in total. The van der Waals surface area contributed by atoms with Crippen molar-refractivity contribution in [3.05, 3.63) is 48.0 Å². The lowest BCUT2D eigenvalue weighted by atomic mass is 10.1. The highest BCUT2D eigenvalue weighted by Crippen LogP contribution is 2.33. The van der Waals surface area contributed by atoms with Crippen LogP contribution in [0, 0.1) is 0 Å². The van der Waals surface area contributed by atoms with E-state index < -0.39 is 0 Å². The number of hydrogen-bond acceptors (Lipinski definition) is 4. The minimum atomic E-state index is 0.146. The fourth-order valence-corrected chi connectivity index (χ4v) is 2.65. The normalized spacial score (nSPS) is 14.2. The van der Waals surface area contributed by atoms with E-state index >= 15 is 0 Å². The second-order valence-corrected chi connectivity index (χ2v) is 5.22. The maximum atomic E-state index is 9.50. The molecule has 0 saturated heterocycles. The first kappa shape index (κ1) is 12.7. The van der Waals surface area contributed by atoms with Gasteiger partial charge in [0.05, 0.1) is 17.1 Å². The van der Waals surface area contributed by atoms with Crippen LogP contribution < -0.4 is 15.5 Å². The smallest absolute Gasteiger partial charge is 0.138 e. The lowest BCUT2D eigenvalue weighted by Crippen LogP contribution is -2.38. The number of phenols is 1. The van der Waals surface area contributed by atoms with Crippen LogP contribution in [0.25, 0.3) is 0 Å². The van der Waals surface area contributed by atoms with E-state index in [-0.39, 0.29) is 5.75 Å². The number of fused-ring (bicyclic) bond motifs is 1. The average molecular weight is 269 g/mol. The molecular weight excluding hydrogens is 250 g/mol. The van der Waals surface area contributed by atoms with Crippen molar-refractivity contribution in [1.29, 1.82) is 0 Å². The summed E-state index contributed by atoms with van der Waals surface area (Å²) in [7, 11) is 2.12. The van der Waals surface area contributed by atoms with Crippen molar-refractivity contribution < 1.29 is 5.11 Å². The SMILES string of the molecule is CN1CCN(Cc2ccc(O)c(N)c2)c2ccccc21. The Morgan fingerprint density at radius 3 is 2.60 bits per heavy atom. The van der Waals surface area contributed by atoms with E-state index in [1.54, 1.807) is 6.07 Å². The van der Waals surface area contributed by atoms with Crippen molar-refractivity contribution in [2.24, 2.45) is 0 Å².